The Morgan fingerprint density at radius 1 is 0.905 bits per heavy atom. The molecule has 0 rings (SSSR count). The molecule has 1 amide bonds. The van der Waals surface area contributed by atoms with Crippen LogP contribution < -0.4 is 5.32 Å². The number of carbonyl (C=O) groups is 3. The Morgan fingerprint density at radius 3 is 1.81 bits per heavy atom. The first-order chi connectivity index (χ1) is 9.56. The summed E-state index contributed by atoms with van der Waals surface area (Å²) in [6.07, 6.45) is 0.182. The van der Waals surface area contributed by atoms with E-state index in [1.807, 2.05) is 0 Å². The van der Waals surface area contributed by atoms with Crippen molar-refractivity contribution in [3.05, 3.63) is 0 Å². The number of esters is 2. The van der Waals surface area contributed by atoms with E-state index in [-0.39, 0.29) is 32.0 Å². The van der Waals surface area contributed by atoms with E-state index in [2.05, 4.69) is 10.1 Å². The van der Waals surface area contributed by atoms with Crippen molar-refractivity contribution in [1.29, 1.82) is 0 Å². The van der Waals surface area contributed by atoms with Gasteiger partial charge < -0.3 is 19.5 Å². The summed E-state index contributed by atoms with van der Waals surface area (Å²) >= 11 is 0. The van der Waals surface area contributed by atoms with E-state index in [1.54, 1.807) is 20.8 Å². The van der Waals surface area contributed by atoms with Crippen LogP contribution in [0.2, 0.25) is 0 Å². The Labute approximate surface area is 131 Å². The van der Waals surface area contributed by atoms with Crippen LogP contribution in [0.1, 0.15) is 33.6 Å². The number of halogens is 1. The SMILES string of the molecule is CCOC(=O)NCCCC(C(=O)OCC)C(=O)OCC.Cl. The standard InChI is InChI=1S/C13H23NO6.ClH/c1-4-18-11(15)10(12(16)19-5-2)8-7-9-14-13(17)20-6-3;/h10H,4-9H2,1-3H3,(H,14,17);1H. The third kappa shape index (κ3) is 9.95. The number of hydrogen-bond acceptors (Lipinski definition) is 6. The zero-order valence-corrected chi connectivity index (χ0v) is 13.5. The van der Waals surface area contributed by atoms with Crippen LogP contribution in [0.5, 0.6) is 0 Å². The van der Waals surface area contributed by atoms with Gasteiger partial charge in [-0.2, -0.15) is 0 Å². The van der Waals surface area contributed by atoms with Gasteiger partial charge in [0.15, 0.2) is 5.92 Å². The maximum Gasteiger partial charge on any atom is 0.407 e. The quantitative estimate of drug-likeness (QED) is 0.300. The Bertz CT molecular complexity index is 306. The monoisotopic (exact) mass is 325 g/mol. The van der Waals surface area contributed by atoms with Gasteiger partial charge in [-0.3, -0.25) is 9.59 Å². The van der Waals surface area contributed by atoms with Crippen molar-refractivity contribution >= 4 is 30.4 Å². The molecule has 21 heavy (non-hydrogen) atoms. The van der Waals surface area contributed by atoms with Crippen LogP contribution in [-0.4, -0.2) is 44.4 Å². The van der Waals surface area contributed by atoms with Gasteiger partial charge in [0.1, 0.15) is 0 Å². The zero-order chi connectivity index (χ0) is 15.4. The summed E-state index contributed by atoms with van der Waals surface area (Å²) in [5.74, 6) is -2.14. The van der Waals surface area contributed by atoms with E-state index < -0.39 is 23.9 Å². The fraction of sp³-hybridized carbons (Fsp3) is 0.769. The Balaban J connectivity index is 0. The molecule has 7 nitrogen and oxygen atoms in total. The maximum atomic E-state index is 11.7. The van der Waals surface area contributed by atoms with Gasteiger partial charge in [0.2, 0.25) is 0 Å². The van der Waals surface area contributed by atoms with Gasteiger partial charge in [-0.05, 0) is 33.6 Å². The minimum Gasteiger partial charge on any atom is -0.465 e. The molecule has 0 aromatic heterocycles. The second-order valence-corrected chi connectivity index (χ2v) is 3.85. The van der Waals surface area contributed by atoms with Crippen LogP contribution in [0.4, 0.5) is 4.79 Å². The van der Waals surface area contributed by atoms with Crippen molar-refractivity contribution in [3.8, 4) is 0 Å². The molecule has 0 bridgehead atoms. The largest absolute Gasteiger partial charge is 0.465 e. The number of alkyl carbamates (subject to hydrolysis) is 1. The van der Waals surface area contributed by atoms with Crippen molar-refractivity contribution in [3.63, 3.8) is 0 Å². The van der Waals surface area contributed by atoms with Crippen LogP contribution >= 0.6 is 12.4 Å². The highest BCUT2D eigenvalue weighted by Gasteiger charge is 2.28. The number of ether oxygens (including phenoxy) is 3. The lowest BCUT2D eigenvalue weighted by molar-refractivity contribution is -0.161. The molecule has 8 heteroatoms. The fourth-order valence-electron chi connectivity index (χ4n) is 1.50. The molecule has 0 heterocycles. The van der Waals surface area contributed by atoms with E-state index >= 15 is 0 Å². The maximum absolute atomic E-state index is 11.7. The van der Waals surface area contributed by atoms with Gasteiger partial charge in [-0.1, -0.05) is 0 Å². The van der Waals surface area contributed by atoms with Gasteiger partial charge in [0, 0.05) is 6.54 Å². The van der Waals surface area contributed by atoms with Crippen molar-refractivity contribution in [2.24, 2.45) is 5.92 Å². The highest BCUT2D eigenvalue weighted by Crippen LogP contribution is 2.11. The topological polar surface area (TPSA) is 90.9 Å². The van der Waals surface area contributed by atoms with Gasteiger partial charge in [0.05, 0.1) is 19.8 Å². The normalized spacial score (nSPS) is 9.52. The molecule has 0 saturated heterocycles. The van der Waals surface area contributed by atoms with Gasteiger partial charge in [-0.15, -0.1) is 12.4 Å². The highest BCUT2D eigenvalue weighted by molar-refractivity contribution is 5.94. The molecule has 0 aromatic rings. The number of rotatable bonds is 9. The lowest BCUT2D eigenvalue weighted by Crippen LogP contribution is -2.30. The molecule has 0 aliphatic heterocycles. The summed E-state index contributed by atoms with van der Waals surface area (Å²) in [6.45, 7) is 6.06. The lowest BCUT2D eigenvalue weighted by atomic mass is 10.0. The van der Waals surface area contributed by atoms with E-state index in [9.17, 15) is 14.4 Å². The minimum absolute atomic E-state index is 0. The fourth-order valence-corrected chi connectivity index (χ4v) is 1.50. The molecule has 0 atom stereocenters. The van der Waals surface area contributed by atoms with Crippen molar-refractivity contribution in [1.82, 2.24) is 5.32 Å². The molecule has 0 radical (unpaired) electrons. The van der Waals surface area contributed by atoms with E-state index in [0.29, 0.717) is 19.6 Å². The molecular weight excluding hydrogens is 302 g/mol. The molecule has 0 aromatic carbocycles. The second-order valence-electron chi connectivity index (χ2n) is 3.85. The third-order valence-electron chi connectivity index (χ3n) is 2.36. The average molecular weight is 326 g/mol. The number of amides is 1. The number of hydrogen-bond donors (Lipinski definition) is 1. The summed E-state index contributed by atoms with van der Waals surface area (Å²) in [6, 6.07) is 0. The third-order valence-corrected chi connectivity index (χ3v) is 2.36. The molecule has 124 valence electrons. The second kappa shape index (κ2) is 13.5. The summed E-state index contributed by atoms with van der Waals surface area (Å²) in [4.78, 5) is 34.4. The van der Waals surface area contributed by atoms with E-state index in [4.69, 9.17) is 9.47 Å². The summed E-state index contributed by atoms with van der Waals surface area (Å²) in [5.41, 5.74) is 0. The lowest BCUT2D eigenvalue weighted by Gasteiger charge is -2.14. The Morgan fingerprint density at radius 2 is 1.38 bits per heavy atom. The molecule has 0 aliphatic carbocycles. The van der Waals surface area contributed by atoms with Crippen LogP contribution in [0.25, 0.3) is 0 Å². The van der Waals surface area contributed by atoms with Crippen LogP contribution in [0.15, 0.2) is 0 Å². The van der Waals surface area contributed by atoms with Gasteiger partial charge >= 0.3 is 18.0 Å². The Kier molecular flexibility index (Phi) is 14.0. The van der Waals surface area contributed by atoms with E-state index in [0.717, 1.165) is 0 Å². The zero-order valence-electron chi connectivity index (χ0n) is 12.7. The van der Waals surface area contributed by atoms with E-state index in [1.165, 1.54) is 0 Å². The molecule has 0 fully saturated rings. The Hall–Kier alpha value is -1.50. The molecule has 0 spiro atoms. The average Bonchev–Trinajstić information content (AvgIpc) is 2.39. The predicted molar refractivity (Wildman–Crippen MR) is 78.3 cm³/mol. The molecular formula is C13H24ClNO6. The number of carbonyl (C=O) groups excluding carboxylic acids is 3. The molecule has 0 unspecified atom stereocenters. The molecule has 1 N–H and O–H groups in total. The predicted octanol–water partition coefficient (Wildman–Crippen LogP) is 1.68. The first-order valence-electron chi connectivity index (χ1n) is 6.80. The van der Waals surface area contributed by atoms with Crippen molar-refractivity contribution in [2.75, 3.05) is 26.4 Å². The van der Waals surface area contributed by atoms with Crippen LogP contribution in [-0.2, 0) is 23.8 Å². The summed E-state index contributed by atoms with van der Waals surface area (Å²) < 4.78 is 14.4. The van der Waals surface area contributed by atoms with Crippen LogP contribution in [0.3, 0.4) is 0 Å². The highest BCUT2D eigenvalue weighted by atomic mass is 35.5. The molecule has 0 aliphatic rings. The van der Waals surface area contributed by atoms with Crippen molar-refractivity contribution in [2.45, 2.75) is 33.6 Å². The van der Waals surface area contributed by atoms with Gasteiger partial charge in [0.25, 0.3) is 0 Å². The summed E-state index contributed by atoms with van der Waals surface area (Å²) in [7, 11) is 0. The molecule has 0 saturated carbocycles. The first kappa shape index (κ1) is 21.8. The summed E-state index contributed by atoms with van der Waals surface area (Å²) in [5, 5.41) is 2.52. The smallest absolute Gasteiger partial charge is 0.407 e. The van der Waals surface area contributed by atoms with Gasteiger partial charge in [-0.25, -0.2) is 4.79 Å². The first-order valence-corrected chi connectivity index (χ1v) is 6.80. The minimum atomic E-state index is -0.945. The van der Waals surface area contributed by atoms with Crippen molar-refractivity contribution < 1.29 is 28.6 Å². The number of nitrogens with one attached hydrogen (secondary N) is 1. The van der Waals surface area contributed by atoms with Crippen LogP contribution in [0, 0.1) is 5.92 Å².